The molecule has 37 heavy (non-hydrogen) atoms. The van der Waals surface area contributed by atoms with Crippen LogP contribution in [0, 0.1) is 0 Å². The summed E-state index contributed by atoms with van der Waals surface area (Å²) in [4.78, 5) is 12.2. The van der Waals surface area contributed by atoms with Gasteiger partial charge >= 0.3 is 0 Å². The van der Waals surface area contributed by atoms with Crippen LogP contribution < -0.4 is 5.32 Å². The monoisotopic (exact) mass is 531 g/mol. The molecule has 5 unspecified atom stereocenters. The Kier molecular flexibility index (Phi) is 19.1. The van der Waals surface area contributed by atoms with Gasteiger partial charge in [-0.15, -0.1) is 0 Å². The molecular formula is C28H53NO8. The maximum absolute atomic E-state index is 12.2. The summed E-state index contributed by atoms with van der Waals surface area (Å²) in [6, 6.07) is -0.792. The van der Waals surface area contributed by atoms with Crippen LogP contribution in [0.1, 0.15) is 104 Å². The van der Waals surface area contributed by atoms with E-state index in [1.807, 2.05) is 13.0 Å². The Balaban J connectivity index is 2.41. The van der Waals surface area contributed by atoms with Gasteiger partial charge in [0, 0.05) is 6.42 Å². The lowest BCUT2D eigenvalue weighted by Gasteiger charge is -2.40. The second-order valence-electron chi connectivity index (χ2n) is 10.2. The number of rotatable bonds is 21. The number of amides is 1. The molecule has 9 nitrogen and oxygen atoms in total. The number of allylic oxidation sites excluding steroid dienone is 1. The van der Waals surface area contributed by atoms with Gasteiger partial charge in [-0.25, -0.2) is 0 Å². The molecular weight excluding hydrogens is 478 g/mol. The minimum atomic E-state index is -1.56. The number of aliphatic hydroxyl groups is 5. The summed E-state index contributed by atoms with van der Waals surface area (Å²) in [5.41, 5.74) is 0. The van der Waals surface area contributed by atoms with Crippen molar-refractivity contribution in [3.05, 3.63) is 12.2 Å². The molecule has 0 aromatic rings. The lowest BCUT2D eigenvalue weighted by Crippen LogP contribution is -2.60. The molecule has 0 radical (unpaired) electrons. The van der Waals surface area contributed by atoms with Gasteiger partial charge in [0.2, 0.25) is 5.91 Å². The number of hydrogen-bond donors (Lipinski definition) is 6. The third kappa shape index (κ3) is 14.0. The molecule has 0 aromatic carbocycles. The zero-order chi connectivity index (χ0) is 27.5. The van der Waals surface area contributed by atoms with E-state index in [1.165, 1.54) is 57.8 Å². The predicted octanol–water partition coefficient (Wildman–Crippen LogP) is 2.71. The molecule has 1 aliphatic rings. The maximum Gasteiger partial charge on any atom is 0.220 e. The molecule has 218 valence electrons. The molecule has 0 aliphatic carbocycles. The van der Waals surface area contributed by atoms with Crippen LogP contribution in [-0.2, 0) is 14.3 Å². The Hall–Kier alpha value is -1.07. The fraction of sp³-hybridized carbons (Fsp3) is 0.893. The van der Waals surface area contributed by atoms with Crippen LogP contribution >= 0.6 is 0 Å². The topological polar surface area (TPSA) is 149 Å². The fourth-order valence-corrected chi connectivity index (χ4v) is 4.43. The van der Waals surface area contributed by atoms with Crippen molar-refractivity contribution in [3.63, 3.8) is 0 Å². The third-order valence-corrected chi connectivity index (χ3v) is 6.83. The van der Waals surface area contributed by atoms with Crippen LogP contribution in [-0.4, -0.2) is 87.5 Å². The molecule has 1 rings (SSSR count). The van der Waals surface area contributed by atoms with Crippen LogP contribution in [0.5, 0.6) is 0 Å². The van der Waals surface area contributed by atoms with E-state index in [2.05, 4.69) is 12.2 Å². The van der Waals surface area contributed by atoms with Crippen molar-refractivity contribution in [3.8, 4) is 0 Å². The molecule has 0 spiro atoms. The first kappa shape index (κ1) is 34.0. The van der Waals surface area contributed by atoms with Crippen molar-refractivity contribution in [1.82, 2.24) is 5.32 Å². The smallest absolute Gasteiger partial charge is 0.220 e. The lowest BCUT2D eigenvalue weighted by atomic mass is 9.99. The Morgan fingerprint density at radius 1 is 0.892 bits per heavy atom. The lowest BCUT2D eigenvalue weighted by molar-refractivity contribution is -0.302. The van der Waals surface area contributed by atoms with Gasteiger partial charge < -0.3 is 40.3 Å². The molecule has 0 saturated carbocycles. The zero-order valence-corrected chi connectivity index (χ0v) is 23.0. The van der Waals surface area contributed by atoms with Crippen molar-refractivity contribution < 1.29 is 39.8 Å². The average molecular weight is 532 g/mol. The van der Waals surface area contributed by atoms with E-state index in [4.69, 9.17) is 9.47 Å². The quantitative estimate of drug-likeness (QED) is 0.0978. The highest BCUT2D eigenvalue weighted by Crippen LogP contribution is 2.22. The SMILES string of the molecule is CCCCCCCCCCCCCC=C[C@@H](O)[C@@H](COC1OC(CO)C(O)C(O)C1O)NC(=O)CCC. The van der Waals surface area contributed by atoms with Crippen LogP contribution in [0.25, 0.3) is 0 Å². The normalized spacial score (nSPS) is 25.9. The molecule has 1 amide bonds. The van der Waals surface area contributed by atoms with E-state index in [9.17, 15) is 30.3 Å². The summed E-state index contributed by atoms with van der Waals surface area (Å²) in [5, 5.41) is 52.8. The highest BCUT2D eigenvalue weighted by Gasteiger charge is 2.44. The van der Waals surface area contributed by atoms with Crippen LogP contribution in [0.2, 0.25) is 0 Å². The zero-order valence-electron chi connectivity index (χ0n) is 23.0. The predicted molar refractivity (Wildman–Crippen MR) is 143 cm³/mol. The first-order valence-electron chi connectivity index (χ1n) is 14.4. The van der Waals surface area contributed by atoms with Crippen LogP contribution in [0.3, 0.4) is 0 Å². The van der Waals surface area contributed by atoms with Crippen molar-refractivity contribution in [1.29, 1.82) is 0 Å². The average Bonchev–Trinajstić information content (AvgIpc) is 2.88. The summed E-state index contributed by atoms with van der Waals surface area (Å²) in [7, 11) is 0. The van der Waals surface area contributed by atoms with E-state index in [-0.39, 0.29) is 12.5 Å². The largest absolute Gasteiger partial charge is 0.394 e. The van der Waals surface area contributed by atoms with Gasteiger partial charge in [0.05, 0.1) is 25.4 Å². The second-order valence-corrected chi connectivity index (χ2v) is 10.2. The first-order chi connectivity index (χ1) is 17.8. The van der Waals surface area contributed by atoms with Gasteiger partial charge in [0.25, 0.3) is 0 Å². The van der Waals surface area contributed by atoms with Crippen molar-refractivity contribution >= 4 is 5.91 Å². The van der Waals surface area contributed by atoms with Gasteiger partial charge in [-0.05, 0) is 19.3 Å². The fourth-order valence-electron chi connectivity index (χ4n) is 4.43. The van der Waals surface area contributed by atoms with Crippen molar-refractivity contribution in [2.45, 2.75) is 147 Å². The number of unbranched alkanes of at least 4 members (excludes halogenated alkanes) is 11. The Morgan fingerprint density at radius 2 is 1.49 bits per heavy atom. The van der Waals surface area contributed by atoms with E-state index in [0.717, 1.165) is 19.3 Å². The Labute approximate surface area is 223 Å². The highest BCUT2D eigenvalue weighted by atomic mass is 16.7. The molecule has 0 aromatic heterocycles. The minimum Gasteiger partial charge on any atom is -0.394 e. The molecule has 1 heterocycles. The summed E-state index contributed by atoms with van der Waals surface area (Å²) >= 11 is 0. The number of hydrogen-bond acceptors (Lipinski definition) is 8. The number of nitrogens with one attached hydrogen (secondary N) is 1. The third-order valence-electron chi connectivity index (χ3n) is 6.83. The molecule has 1 saturated heterocycles. The number of carbonyl (C=O) groups excluding carboxylic acids is 1. The number of aliphatic hydroxyl groups excluding tert-OH is 5. The summed E-state index contributed by atoms with van der Waals surface area (Å²) < 4.78 is 10.9. The van der Waals surface area contributed by atoms with Gasteiger partial charge in [0.15, 0.2) is 6.29 Å². The standard InChI is InChI=1S/C28H53NO8/c1-3-5-6-7-8-9-10-11-12-13-14-15-16-18-22(31)21(29-24(32)17-4-2)20-36-28-27(35)26(34)25(33)23(19-30)37-28/h16,18,21-23,25-28,30-31,33-35H,3-15,17,19-20H2,1-2H3,(H,29,32)/t21-,22-,23?,25?,26?,27?,28?/m1/s1. The molecule has 9 heteroatoms. The Morgan fingerprint density at radius 3 is 2.05 bits per heavy atom. The molecule has 7 atom stereocenters. The molecule has 1 aliphatic heterocycles. The number of ether oxygens (including phenoxy) is 2. The van der Waals surface area contributed by atoms with Gasteiger partial charge in [0.1, 0.15) is 24.4 Å². The summed E-state index contributed by atoms with van der Waals surface area (Å²) in [5.74, 6) is -0.234. The van der Waals surface area contributed by atoms with E-state index >= 15 is 0 Å². The van der Waals surface area contributed by atoms with Gasteiger partial charge in [-0.2, -0.15) is 0 Å². The molecule has 6 N–H and O–H groups in total. The summed E-state index contributed by atoms with van der Waals surface area (Å²) in [6.07, 6.45) is 11.3. The van der Waals surface area contributed by atoms with E-state index in [0.29, 0.717) is 12.8 Å². The summed E-state index contributed by atoms with van der Waals surface area (Å²) in [6.45, 7) is 3.36. The van der Waals surface area contributed by atoms with Crippen LogP contribution in [0.15, 0.2) is 12.2 Å². The van der Waals surface area contributed by atoms with Gasteiger partial charge in [-0.1, -0.05) is 90.2 Å². The van der Waals surface area contributed by atoms with Gasteiger partial charge in [-0.3, -0.25) is 4.79 Å². The first-order valence-corrected chi connectivity index (χ1v) is 14.4. The van der Waals surface area contributed by atoms with E-state index < -0.39 is 49.5 Å². The number of carbonyl (C=O) groups is 1. The maximum atomic E-state index is 12.2. The molecule has 1 fully saturated rings. The van der Waals surface area contributed by atoms with Crippen LogP contribution in [0.4, 0.5) is 0 Å². The van der Waals surface area contributed by atoms with E-state index in [1.54, 1.807) is 6.08 Å². The van der Waals surface area contributed by atoms with Crippen molar-refractivity contribution in [2.75, 3.05) is 13.2 Å². The Bertz CT molecular complexity index is 603. The highest BCUT2D eigenvalue weighted by molar-refractivity contribution is 5.76. The second kappa shape index (κ2) is 20.8. The minimum absolute atomic E-state index is 0.192. The van der Waals surface area contributed by atoms with Crippen molar-refractivity contribution in [2.24, 2.45) is 0 Å². The molecule has 0 bridgehead atoms.